The topological polar surface area (TPSA) is 66.2 Å². The zero-order valence-corrected chi connectivity index (χ0v) is 10.8. The van der Waals surface area contributed by atoms with Crippen molar-refractivity contribution in [2.75, 3.05) is 13.7 Å². The molecule has 2 aromatic rings. The number of methoxy groups -OCH3 is 1. The predicted molar refractivity (Wildman–Crippen MR) is 68.2 cm³/mol. The van der Waals surface area contributed by atoms with E-state index in [0.717, 1.165) is 23.6 Å². The molecule has 0 fully saturated rings. The van der Waals surface area contributed by atoms with Crippen LogP contribution in [0.15, 0.2) is 28.8 Å². The van der Waals surface area contributed by atoms with Crippen molar-refractivity contribution in [1.29, 1.82) is 0 Å². The van der Waals surface area contributed by atoms with Gasteiger partial charge in [-0.2, -0.15) is 5.10 Å². The van der Waals surface area contributed by atoms with Gasteiger partial charge >= 0.3 is 0 Å². The molecule has 0 aromatic carbocycles. The molecule has 5 nitrogen and oxygen atoms in total. The minimum atomic E-state index is -0.287. The highest BCUT2D eigenvalue weighted by molar-refractivity contribution is 5.20. The van der Waals surface area contributed by atoms with Gasteiger partial charge in [0.15, 0.2) is 0 Å². The van der Waals surface area contributed by atoms with Crippen molar-refractivity contribution >= 4 is 0 Å². The SMILES string of the molecule is CCc1ccc(C(N)c2ccnn2CCOC)o1. The van der Waals surface area contributed by atoms with Crippen molar-refractivity contribution in [3.8, 4) is 0 Å². The van der Waals surface area contributed by atoms with Gasteiger partial charge in [-0.3, -0.25) is 4.68 Å². The molecule has 0 radical (unpaired) electrons. The summed E-state index contributed by atoms with van der Waals surface area (Å²) >= 11 is 0. The summed E-state index contributed by atoms with van der Waals surface area (Å²) in [6.07, 6.45) is 2.62. The Hall–Kier alpha value is -1.59. The van der Waals surface area contributed by atoms with Gasteiger partial charge in [-0.25, -0.2) is 0 Å². The average Bonchev–Trinajstić information content (AvgIpc) is 3.04. The molecule has 0 aliphatic heterocycles. The molecule has 1 atom stereocenters. The maximum absolute atomic E-state index is 6.21. The molecule has 0 aliphatic carbocycles. The van der Waals surface area contributed by atoms with Crippen molar-refractivity contribution in [3.05, 3.63) is 41.6 Å². The van der Waals surface area contributed by atoms with E-state index in [-0.39, 0.29) is 6.04 Å². The van der Waals surface area contributed by atoms with Gasteiger partial charge in [0, 0.05) is 19.7 Å². The summed E-state index contributed by atoms with van der Waals surface area (Å²) in [5.41, 5.74) is 7.14. The van der Waals surface area contributed by atoms with Crippen LogP contribution in [0, 0.1) is 0 Å². The average molecular weight is 249 g/mol. The second kappa shape index (κ2) is 5.84. The lowest BCUT2D eigenvalue weighted by atomic mass is 10.1. The number of rotatable bonds is 6. The monoisotopic (exact) mass is 249 g/mol. The molecular formula is C13H19N3O2. The fourth-order valence-corrected chi connectivity index (χ4v) is 1.87. The predicted octanol–water partition coefficient (Wildman–Crippen LogP) is 1.73. The lowest BCUT2D eigenvalue weighted by Crippen LogP contribution is -2.18. The summed E-state index contributed by atoms with van der Waals surface area (Å²) in [6.45, 7) is 3.35. The van der Waals surface area contributed by atoms with Crippen LogP contribution in [0.2, 0.25) is 0 Å². The minimum absolute atomic E-state index is 0.287. The third-order valence-electron chi connectivity index (χ3n) is 2.91. The summed E-state index contributed by atoms with van der Waals surface area (Å²) in [7, 11) is 1.67. The Balaban J connectivity index is 2.17. The first kappa shape index (κ1) is 12.9. The number of nitrogens with two attached hydrogens (primary N) is 1. The van der Waals surface area contributed by atoms with Gasteiger partial charge in [0.1, 0.15) is 17.6 Å². The number of aromatic nitrogens is 2. The van der Waals surface area contributed by atoms with E-state index in [2.05, 4.69) is 12.0 Å². The maximum atomic E-state index is 6.21. The lowest BCUT2D eigenvalue weighted by Gasteiger charge is -2.12. The van der Waals surface area contributed by atoms with Crippen molar-refractivity contribution in [3.63, 3.8) is 0 Å². The molecule has 1 unspecified atom stereocenters. The summed E-state index contributed by atoms with van der Waals surface area (Å²) in [4.78, 5) is 0. The first-order valence-corrected chi connectivity index (χ1v) is 6.11. The molecule has 5 heteroatoms. The molecule has 0 saturated heterocycles. The Morgan fingerprint density at radius 2 is 2.28 bits per heavy atom. The number of hydrogen-bond acceptors (Lipinski definition) is 4. The van der Waals surface area contributed by atoms with Crippen molar-refractivity contribution in [1.82, 2.24) is 9.78 Å². The normalized spacial score (nSPS) is 12.8. The number of nitrogens with zero attached hydrogens (tertiary/aromatic N) is 2. The smallest absolute Gasteiger partial charge is 0.127 e. The van der Waals surface area contributed by atoms with Crippen LogP contribution < -0.4 is 5.73 Å². The summed E-state index contributed by atoms with van der Waals surface area (Å²) < 4.78 is 12.6. The van der Waals surface area contributed by atoms with E-state index in [1.54, 1.807) is 13.3 Å². The Morgan fingerprint density at radius 3 is 2.94 bits per heavy atom. The van der Waals surface area contributed by atoms with Gasteiger partial charge in [-0.15, -0.1) is 0 Å². The van der Waals surface area contributed by atoms with Crippen LogP contribution in [0.1, 0.15) is 30.2 Å². The van der Waals surface area contributed by atoms with E-state index in [0.29, 0.717) is 13.2 Å². The van der Waals surface area contributed by atoms with Crippen LogP contribution in [-0.4, -0.2) is 23.5 Å². The van der Waals surface area contributed by atoms with Gasteiger partial charge in [0.05, 0.1) is 18.8 Å². The van der Waals surface area contributed by atoms with Gasteiger partial charge in [0.25, 0.3) is 0 Å². The Kier molecular flexibility index (Phi) is 4.17. The van der Waals surface area contributed by atoms with Crippen LogP contribution >= 0.6 is 0 Å². The highest BCUT2D eigenvalue weighted by atomic mass is 16.5. The molecule has 2 rings (SSSR count). The summed E-state index contributed by atoms with van der Waals surface area (Å²) in [5, 5.41) is 4.24. The van der Waals surface area contributed by atoms with Crippen molar-refractivity contribution < 1.29 is 9.15 Å². The van der Waals surface area contributed by atoms with E-state index in [9.17, 15) is 0 Å². The van der Waals surface area contributed by atoms with Gasteiger partial charge in [0.2, 0.25) is 0 Å². The molecule has 0 aliphatic rings. The first-order chi connectivity index (χ1) is 8.76. The first-order valence-electron chi connectivity index (χ1n) is 6.11. The van der Waals surface area contributed by atoms with E-state index in [1.807, 2.05) is 22.9 Å². The second-order valence-electron chi connectivity index (χ2n) is 4.11. The molecular weight excluding hydrogens is 230 g/mol. The van der Waals surface area contributed by atoms with Gasteiger partial charge < -0.3 is 14.9 Å². The molecule has 18 heavy (non-hydrogen) atoms. The Bertz CT molecular complexity index is 490. The third kappa shape index (κ3) is 2.63. The fraction of sp³-hybridized carbons (Fsp3) is 0.462. The molecule has 0 saturated carbocycles. The molecule has 2 heterocycles. The van der Waals surface area contributed by atoms with Gasteiger partial charge in [-0.1, -0.05) is 6.92 Å². The number of hydrogen-bond donors (Lipinski definition) is 1. The third-order valence-corrected chi connectivity index (χ3v) is 2.91. The second-order valence-corrected chi connectivity index (χ2v) is 4.11. The van der Waals surface area contributed by atoms with Crippen molar-refractivity contribution in [2.45, 2.75) is 25.9 Å². The molecule has 0 amide bonds. The van der Waals surface area contributed by atoms with E-state index in [4.69, 9.17) is 14.9 Å². The summed E-state index contributed by atoms with van der Waals surface area (Å²) in [5.74, 6) is 1.72. The Morgan fingerprint density at radius 1 is 1.44 bits per heavy atom. The lowest BCUT2D eigenvalue weighted by molar-refractivity contribution is 0.182. The van der Waals surface area contributed by atoms with E-state index in [1.165, 1.54) is 0 Å². The standard InChI is InChI=1S/C13H19N3O2/c1-3-10-4-5-12(18-10)13(14)11-6-7-15-16(11)8-9-17-2/h4-7,13H,3,8-9,14H2,1-2H3. The summed E-state index contributed by atoms with van der Waals surface area (Å²) in [6, 6.07) is 5.51. The Labute approximate surface area is 107 Å². The van der Waals surface area contributed by atoms with Crippen LogP contribution in [0.25, 0.3) is 0 Å². The van der Waals surface area contributed by atoms with Crippen molar-refractivity contribution in [2.24, 2.45) is 5.73 Å². The minimum Gasteiger partial charge on any atom is -0.464 e. The highest BCUT2D eigenvalue weighted by Crippen LogP contribution is 2.21. The zero-order valence-electron chi connectivity index (χ0n) is 10.8. The quantitative estimate of drug-likeness (QED) is 0.846. The molecule has 2 N–H and O–H groups in total. The zero-order chi connectivity index (χ0) is 13.0. The van der Waals surface area contributed by atoms with E-state index < -0.39 is 0 Å². The highest BCUT2D eigenvalue weighted by Gasteiger charge is 2.17. The number of ether oxygens (including phenoxy) is 1. The van der Waals surface area contributed by atoms with Crippen LogP contribution in [0.3, 0.4) is 0 Å². The van der Waals surface area contributed by atoms with Crippen LogP contribution in [-0.2, 0) is 17.7 Å². The van der Waals surface area contributed by atoms with Crippen LogP contribution in [0.4, 0.5) is 0 Å². The maximum Gasteiger partial charge on any atom is 0.127 e. The molecule has 98 valence electrons. The number of furan rings is 1. The molecule has 0 bridgehead atoms. The largest absolute Gasteiger partial charge is 0.464 e. The molecule has 0 spiro atoms. The van der Waals surface area contributed by atoms with Gasteiger partial charge in [-0.05, 0) is 18.2 Å². The van der Waals surface area contributed by atoms with Crippen LogP contribution in [0.5, 0.6) is 0 Å². The van der Waals surface area contributed by atoms with E-state index >= 15 is 0 Å². The fourth-order valence-electron chi connectivity index (χ4n) is 1.87. The molecule has 2 aromatic heterocycles. The number of aryl methyl sites for hydroxylation is 1.